The van der Waals surface area contributed by atoms with Crippen LogP contribution in [0.5, 0.6) is 5.75 Å². The van der Waals surface area contributed by atoms with E-state index in [1.807, 2.05) is 48.5 Å². The van der Waals surface area contributed by atoms with Crippen LogP contribution in [0, 0.1) is 6.92 Å². The molecule has 0 saturated carbocycles. The third-order valence-electron chi connectivity index (χ3n) is 5.00. The van der Waals surface area contributed by atoms with E-state index in [0.717, 1.165) is 24.0 Å². The predicted octanol–water partition coefficient (Wildman–Crippen LogP) is 5.42. The number of rotatable bonds is 10. The second-order valence-electron chi connectivity index (χ2n) is 7.29. The summed E-state index contributed by atoms with van der Waals surface area (Å²) < 4.78 is 6.59. The molecule has 1 saturated heterocycles. The summed E-state index contributed by atoms with van der Waals surface area (Å²) in [6.07, 6.45) is 4.06. The fourth-order valence-electron chi connectivity index (χ4n) is 3.22. The first-order valence-corrected chi connectivity index (χ1v) is 11.4. The summed E-state index contributed by atoms with van der Waals surface area (Å²) >= 11 is 6.68. The zero-order valence-electron chi connectivity index (χ0n) is 17.4. The number of carboxylic acids is 1. The maximum Gasteiger partial charge on any atom is 0.303 e. The van der Waals surface area contributed by atoms with Gasteiger partial charge in [0.1, 0.15) is 16.7 Å². The molecule has 1 aliphatic heterocycles. The summed E-state index contributed by atoms with van der Waals surface area (Å²) in [5.41, 5.74) is 3.12. The van der Waals surface area contributed by atoms with Crippen molar-refractivity contribution < 1.29 is 19.4 Å². The molecule has 7 heteroatoms. The number of ether oxygens (including phenoxy) is 1. The van der Waals surface area contributed by atoms with Crippen molar-refractivity contribution in [2.45, 2.75) is 39.2 Å². The molecule has 0 spiro atoms. The number of amides is 1. The second kappa shape index (κ2) is 11.1. The van der Waals surface area contributed by atoms with Crippen LogP contribution in [0.1, 0.15) is 42.4 Å². The molecule has 1 amide bonds. The Hall–Kier alpha value is -2.64. The van der Waals surface area contributed by atoms with Crippen molar-refractivity contribution in [3.63, 3.8) is 0 Å². The molecule has 0 atom stereocenters. The molecule has 162 valence electrons. The summed E-state index contributed by atoms with van der Waals surface area (Å²) in [5, 5.41) is 8.72. The molecule has 31 heavy (non-hydrogen) atoms. The van der Waals surface area contributed by atoms with Crippen LogP contribution in [0.25, 0.3) is 6.08 Å². The number of carbonyl (C=O) groups is 2. The minimum atomic E-state index is -0.795. The highest BCUT2D eigenvalue weighted by atomic mass is 32.2. The zero-order valence-corrected chi connectivity index (χ0v) is 19.0. The lowest BCUT2D eigenvalue weighted by molar-refractivity contribution is -0.137. The number of nitrogens with zero attached hydrogens (tertiary/aromatic N) is 1. The average Bonchev–Trinajstić information content (AvgIpc) is 3.01. The van der Waals surface area contributed by atoms with Gasteiger partial charge in [0.2, 0.25) is 0 Å². The van der Waals surface area contributed by atoms with Gasteiger partial charge in [-0.15, -0.1) is 0 Å². The van der Waals surface area contributed by atoms with Gasteiger partial charge < -0.3 is 9.84 Å². The van der Waals surface area contributed by atoms with Gasteiger partial charge >= 0.3 is 5.97 Å². The number of hydrogen-bond donors (Lipinski definition) is 1. The molecule has 1 fully saturated rings. The highest BCUT2D eigenvalue weighted by Gasteiger charge is 2.31. The predicted molar refractivity (Wildman–Crippen MR) is 128 cm³/mol. The Kier molecular flexibility index (Phi) is 8.26. The fourth-order valence-corrected chi connectivity index (χ4v) is 4.52. The molecule has 1 heterocycles. The Labute approximate surface area is 192 Å². The van der Waals surface area contributed by atoms with Crippen molar-refractivity contribution in [2.75, 3.05) is 6.54 Å². The van der Waals surface area contributed by atoms with E-state index >= 15 is 0 Å². The first-order chi connectivity index (χ1) is 15.0. The molecular weight excluding hydrogens is 430 g/mol. The molecule has 1 N–H and O–H groups in total. The highest BCUT2D eigenvalue weighted by molar-refractivity contribution is 8.26. The Balaban J connectivity index is 1.65. The maximum absolute atomic E-state index is 12.8. The number of thioether (sulfide) groups is 1. The standard InChI is InChI=1S/C24H25NO4S2/c1-17-9-4-5-11-19(17)16-29-20-12-7-6-10-18(20)15-21-23(28)25(24(30)31-21)14-8-2-3-13-22(26)27/h4-7,9-12,15H,2-3,8,13-14,16H2,1H3,(H,26,27)/b21-15+. The molecule has 0 aliphatic carbocycles. The van der Waals surface area contributed by atoms with Crippen LogP contribution in [0.3, 0.4) is 0 Å². The monoisotopic (exact) mass is 455 g/mol. The quantitative estimate of drug-likeness (QED) is 0.293. The number of carboxylic acid groups (broad SMARTS) is 1. The van der Waals surface area contributed by atoms with E-state index in [1.54, 1.807) is 4.90 Å². The molecule has 0 aromatic heterocycles. The molecule has 0 radical (unpaired) electrons. The smallest absolute Gasteiger partial charge is 0.303 e. The molecule has 3 rings (SSSR count). The van der Waals surface area contributed by atoms with Crippen LogP contribution in [0.2, 0.25) is 0 Å². The Morgan fingerprint density at radius 1 is 1.13 bits per heavy atom. The minimum Gasteiger partial charge on any atom is -0.488 e. The van der Waals surface area contributed by atoms with Crippen molar-refractivity contribution in [3.05, 3.63) is 70.1 Å². The van der Waals surface area contributed by atoms with Gasteiger partial charge in [-0.3, -0.25) is 14.5 Å². The van der Waals surface area contributed by atoms with E-state index in [9.17, 15) is 9.59 Å². The van der Waals surface area contributed by atoms with Crippen LogP contribution in [-0.2, 0) is 16.2 Å². The molecule has 0 bridgehead atoms. The van der Waals surface area contributed by atoms with Crippen molar-refractivity contribution >= 4 is 46.3 Å². The van der Waals surface area contributed by atoms with Crippen LogP contribution in [0.15, 0.2) is 53.4 Å². The van der Waals surface area contributed by atoms with Crippen LogP contribution >= 0.6 is 24.0 Å². The van der Waals surface area contributed by atoms with E-state index in [-0.39, 0.29) is 12.3 Å². The lowest BCUT2D eigenvalue weighted by atomic mass is 10.1. The van der Waals surface area contributed by atoms with Crippen LogP contribution < -0.4 is 4.74 Å². The fraction of sp³-hybridized carbons (Fsp3) is 0.292. The van der Waals surface area contributed by atoms with Gasteiger partial charge in [0, 0.05) is 18.5 Å². The zero-order chi connectivity index (χ0) is 22.2. The lowest BCUT2D eigenvalue weighted by Crippen LogP contribution is -2.29. The molecule has 0 unspecified atom stereocenters. The number of aryl methyl sites for hydroxylation is 1. The molecule has 2 aromatic carbocycles. The van der Waals surface area contributed by atoms with Crippen LogP contribution in [-0.4, -0.2) is 32.7 Å². The summed E-state index contributed by atoms with van der Waals surface area (Å²) in [6, 6.07) is 15.7. The summed E-state index contributed by atoms with van der Waals surface area (Å²) in [4.78, 5) is 25.6. The van der Waals surface area contributed by atoms with Crippen molar-refractivity contribution in [1.29, 1.82) is 0 Å². The van der Waals surface area contributed by atoms with E-state index in [0.29, 0.717) is 34.5 Å². The molecule has 5 nitrogen and oxygen atoms in total. The normalized spacial score (nSPS) is 15.0. The highest BCUT2D eigenvalue weighted by Crippen LogP contribution is 2.34. The summed E-state index contributed by atoms with van der Waals surface area (Å²) in [5.74, 6) is -0.191. The van der Waals surface area contributed by atoms with E-state index in [2.05, 4.69) is 13.0 Å². The third-order valence-corrected chi connectivity index (χ3v) is 6.37. The number of hydrogen-bond acceptors (Lipinski definition) is 5. The number of thiocarbonyl (C=S) groups is 1. The minimum absolute atomic E-state index is 0.109. The number of carbonyl (C=O) groups excluding carboxylic acids is 1. The van der Waals surface area contributed by atoms with Gasteiger partial charge in [0.25, 0.3) is 5.91 Å². The molecule has 1 aliphatic rings. The van der Waals surface area contributed by atoms with Crippen molar-refractivity contribution in [1.82, 2.24) is 4.90 Å². The Morgan fingerprint density at radius 2 is 1.87 bits per heavy atom. The van der Waals surface area contributed by atoms with Gasteiger partial charge in [0.05, 0.1) is 4.91 Å². The van der Waals surface area contributed by atoms with E-state index in [1.165, 1.54) is 17.3 Å². The summed E-state index contributed by atoms with van der Waals surface area (Å²) in [6.45, 7) is 3.01. The SMILES string of the molecule is Cc1ccccc1COc1ccccc1/C=C1/SC(=S)N(CCCCCC(=O)O)C1=O. The molecule has 2 aromatic rings. The topological polar surface area (TPSA) is 66.8 Å². The van der Waals surface area contributed by atoms with E-state index < -0.39 is 5.97 Å². The van der Waals surface area contributed by atoms with Gasteiger partial charge in [-0.1, -0.05) is 72.9 Å². The van der Waals surface area contributed by atoms with Crippen molar-refractivity contribution in [2.24, 2.45) is 0 Å². The van der Waals surface area contributed by atoms with E-state index in [4.69, 9.17) is 22.1 Å². The largest absolute Gasteiger partial charge is 0.488 e. The number of para-hydroxylation sites is 1. The lowest BCUT2D eigenvalue weighted by Gasteiger charge is -2.14. The number of benzene rings is 2. The van der Waals surface area contributed by atoms with Gasteiger partial charge in [-0.25, -0.2) is 0 Å². The van der Waals surface area contributed by atoms with Crippen molar-refractivity contribution in [3.8, 4) is 5.75 Å². The van der Waals surface area contributed by atoms with Gasteiger partial charge in [-0.05, 0) is 43.0 Å². The maximum atomic E-state index is 12.8. The average molecular weight is 456 g/mol. The number of aliphatic carboxylic acids is 1. The van der Waals surface area contributed by atoms with Crippen LogP contribution in [0.4, 0.5) is 0 Å². The van der Waals surface area contributed by atoms with Gasteiger partial charge in [-0.2, -0.15) is 0 Å². The first kappa shape index (κ1) is 23.0. The third kappa shape index (κ3) is 6.42. The molecular formula is C24H25NO4S2. The van der Waals surface area contributed by atoms with Gasteiger partial charge in [0.15, 0.2) is 0 Å². The Bertz CT molecular complexity index is 1000. The second-order valence-corrected chi connectivity index (χ2v) is 8.97. The Morgan fingerprint density at radius 3 is 2.65 bits per heavy atom. The first-order valence-electron chi connectivity index (χ1n) is 10.2. The number of unbranched alkanes of at least 4 members (excludes halogenated alkanes) is 2. The summed E-state index contributed by atoms with van der Waals surface area (Å²) in [7, 11) is 0.